The Morgan fingerprint density at radius 1 is 1.26 bits per heavy atom. The second-order valence-corrected chi connectivity index (χ2v) is 8.14. The average molecular weight is 425 g/mol. The molecule has 0 unspecified atom stereocenters. The SMILES string of the molecule is CN(C)c1ncc(-c2cccc(C(N)=O)c2)c([C@@H]2CN(CC(=O)N3CCC3)CCO2)n1. The summed E-state index contributed by atoms with van der Waals surface area (Å²) < 4.78 is 6.08. The Morgan fingerprint density at radius 3 is 2.74 bits per heavy atom. The molecule has 4 rings (SSSR count). The number of benzene rings is 1. The smallest absolute Gasteiger partial charge is 0.248 e. The fourth-order valence-electron chi connectivity index (χ4n) is 3.78. The number of morpholine rings is 1. The van der Waals surface area contributed by atoms with Crippen molar-refractivity contribution in [3.8, 4) is 11.1 Å². The van der Waals surface area contributed by atoms with Crippen LogP contribution in [0.15, 0.2) is 30.5 Å². The maximum Gasteiger partial charge on any atom is 0.248 e. The number of likely N-dealkylation sites (tertiary alicyclic amines) is 1. The van der Waals surface area contributed by atoms with E-state index in [0.29, 0.717) is 37.8 Å². The van der Waals surface area contributed by atoms with E-state index < -0.39 is 5.91 Å². The number of nitrogens with two attached hydrogens (primary N) is 1. The van der Waals surface area contributed by atoms with Crippen molar-refractivity contribution in [3.63, 3.8) is 0 Å². The molecule has 2 aliphatic rings. The van der Waals surface area contributed by atoms with Crippen LogP contribution in [0.25, 0.3) is 11.1 Å². The Balaban J connectivity index is 1.63. The van der Waals surface area contributed by atoms with Crippen LogP contribution in [0.4, 0.5) is 5.95 Å². The van der Waals surface area contributed by atoms with Gasteiger partial charge in [0.05, 0.1) is 18.8 Å². The molecule has 2 aliphatic heterocycles. The van der Waals surface area contributed by atoms with Gasteiger partial charge in [0.15, 0.2) is 0 Å². The minimum atomic E-state index is -0.487. The standard InChI is InChI=1S/C22H28N6O3/c1-26(2)22-24-12-17(15-5-3-6-16(11-15)21(23)30)20(25-22)18-13-27(9-10-31-18)14-19(29)28-7-4-8-28/h3,5-6,11-12,18H,4,7-10,13-14H2,1-2H3,(H2,23,30)/t18-/m0/s1. The van der Waals surface area contributed by atoms with Gasteiger partial charge in [-0.1, -0.05) is 12.1 Å². The van der Waals surface area contributed by atoms with E-state index >= 15 is 0 Å². The van der Waals surface area contributed by atoms with E-state index in [2.05, 4.69) is 9.88 Å². The zero-order chi connectivity index (χ0) is 22.0. The zero-order valence-electron chi connectivity index (χ0n) is 18.0. The number of rotatable bonds is 6. The van der Waals surface area contributed by atoms with Gasteiger partial charge in [-0.2, -0.15) is 0 Å². The van der Waals surface area contributed by atoms with E-state index in [4.69, 9.17) is 15.5 Å². The highest BCUT2D eigenvalue weighted by atomic mass is 16.5. The molecule has 0 radical (unpaired) electrons. The van der Waals surface area contributed by atoms with E-state index in [0.717, 1.165) is 36.3 Å². The molecule has 2 saturated heterocycles. The van der Waals surface area contributed by atoms with Gasteiger partial charge in [-0.3, -0.25) is 14.5 Å². The summed E-state index contributed by atoms with van der Waals surface area (Å²) in [4.78, 5) is 39.2. The van der Waals surface area contributed by atoms with Gasteiger partial charge in [0.25, 0.3) is 0 Å². The molecule has 9 nitrogen and oxygen atoms in total. The van der Waals surface area contributed by atoms with E-state index in [1.807, 2.05) is 30.0 Å². The minimum Gasteiger partial charge on any atom is -0.369 e. The van der Waals surface area contributed by atoms with Gasteiger partial charge in [0.1, 0.15) is 6.10 Å². The Labute approximate surface area is 181 Å². The van der Waals surface area contributed by atoms with Gasteiger partial charge in [-0.05, 0) is 24.1 Å². The lowest BCUT2D eigenvalue weighted by Gasteiger charge is -2.36. The maximum atomic E-state index is 12.4. The first-order chi connectivity index (χ1) is 14.9. The third kappa shape index (κ3) is 4.67. The zero-order valence-corrected chi connectivity index (χ0v) is 18.0. The molecule has 3 heterocycles. The highest BCUT2D eigenvalue weighted by Crippen LogP contribution is 2.32. The largest absolute Gasteiger partial charge is 0.369 e. The van der Waals surface area contributed by atoms with Crippen molar-refractivity contribution in [1.29, 1.82) is 0 Å². The first-order valence-electron chi connectivity index (χ1n) is 10.5. The summed E-state index contributed by atoms with van der Waals surface area (Å²) in [5.41, 5.74) is 8.21. The molecule has 164 valence electrons. The van der Waals surface area contributed by atoms with Crippen LogP contribution in [0.1, 0.15) is 28.6 Å². The lowest BCUT2D eigenvalue weighted by Crippen LogP contribution is -2.49. The van der Waals surface area contributed by atoms with Gasteiger partial charge in [-0.15, -0.1) is 0 Å². The van der Waals surface area contributed by atoms with Crippen molar-refractivity contribution in [2.75, 3.05) is 58.3 Å². The second-order valence-electron chi connectivity index (χ2n) is 8.14. The Hall–Kier alpha value is -3.04. The topological polar surface area (TPSA) is 105 Å². The summed E-state index contributed by atoms with van der Waals surface area (Å²) in [5, 5.41) is 0. The van der Waals surface area contributed by atoms with Crippen molar-refractivity contribution < 1.29 is 14.3 Å². The third-order valence-electron chi connectivity index (χ3n) is 5.69. The van der Waals surface area contributed by atoms with Crippen LogP contribution in [-0.4, -0.2) is 85.0 Å². The van der Waals surface area contributed by atoms with Gasteiger partial charge in [0, 0.05) is 57.6 Å². The first kappa shape index (κ1) is 21.2. The third-order valence-corrected chi connectivity index (χ3v) is 5.69. The molecule has 9 heteroatoms. The number of anilines is 1. The summed E-state index contributed by atoms with van der Waals surface area (Å²) in [6.07, 6.45) is 2.52. The number of hydrogen-bond acceptors (Lipinski definition) is 7. The molecule has 1 atom stereocenters. The summed E-state index contributed by atoms with van der Waals surface area (Å²) >= 11 is 0. The number of amides is 2. The van der Waals surface area contributed by atoms with Gasteiger partial charge >= 0.3 is 0 Å². The molecule has 2 fully saturated rings. The van der Waals surface area contributed by atoms with E-state index in [-0.39, 0.29) is 12.0 Å². The molecule has 2 N–H and O–H groups in total. The number of primary amides is 1. The van der Waals surface area contributed by atoms with Crippen molar-refractivity contribution in [2.45, 2.75) is 12.5 Å². The summed E-state index contributed by atoms with van der Waals surface area (Å²) in [6, 6.07) is 7.12. The molecular weight excluding hydrogens is 396 g/mol. The fourth-order valence-corrected chi connectivity index (χ4v) is 3.78. The predicted molar refractivity (Wildman–Crippen MR) is 117 cm³/mol. The van der Waals surface area contributed by atoms with Crippen LogP contribution >= 0.6 is 0 Å². The van der Waals surface area contributed by atoms with Gasteiger partial charge in [0.2, 0.25) is 17.8 Å². The van der Waals surface area contributed by atoms with Crippen molar-refractivity contribution in [3.05, 3.63) is 41.7 Å². The number of aromatic nitrogens is 2. The van der Waals surface area contributed by atoms with E-state index in [1.54, 1.807) is 24.4 Å². The number of ether oxygens (including phenoxy) is 1. The van der Waals surface area contributed by atoms with E-state index in [1.165, 1.54) is 0 Å². The monoisotopic (exact) mass is 424 g/mol. The summed E-state index contributed by atoms with van der Waals surface area (Å²) in [7, 11) is 3.76. The van der Waals surface area contributed by atoms with Crippen LogP contribution < -0.4 is 10.6 Å². The second kappa shape index (κ2) is 8.99. The predicted octanol–water partition coefficient (Wildman–Crippen LogP) is 0.914. The van der Waals surface area contributed by atoms with Crippen LogP contribution in [0.5, 0.6) is 0 Å². The molecule has 0 saturated carbocycles. The average Bonchev–Trinajstić information content (AvgIpc) is 2.72. The molecule has 2 amide bonds. The quantitative estimate of drug-likeness (QED) is 0.735. The number of carbonyl (C=O) groups is 2. The molecule has 0 bridgehead atoms. The number of nitrogens with zero attached hydrogens (tertiary/aromatic N) is 5. The van der Waals surface area contributed by atoms with Crippen LogP contribution in [0.3, 0.4) is 0 Å². The molecule has 1 aromatic carbocycles. The van der Waals surface area contributed by atoms with Crippen LogP contribution in [0, 0.1) is 0 Å². The van der Waals surface area contributed by atoms with Gasteiger partial charge in [-0.25, -0.2) is 9.97 Å². The van der Waals surface area contributed by atoms with Crippen LogP contribution in [0.2, 0.25) is 0 Å². The Kier molecular flexibility index (Phi) is 6.15. The highest BCUT2D eigenvalue weighted by molar-refractivity contribution is 5.94. The van der Waals surface area contributed by atoms with Crippen LogP contribution in [-0.2, 0) is 9.53 Å². The van der Waals surface area contributed by atoms with Crippen molar-refractivity contribution in [1.82, 2.24) is 19.8 Å². The number of hydrogen-bond donors (Lipinski definition) is 1. The van der Waals surface area contributed by atoms with Crippen molar-refractivity contribution in [2.24, 2.45) is 5.73 Å². The fraction of sp³-hybridized carbons (Fsp3) is 0.455. The number of carbonyl (C=O) groups excluding carboxylic acids is 2. The lowest BCUT2D eigenvalue weighted by atomic mass is 9.99. The minimum absolute atomic E-state index is 0.165. The van der Waals surface area contributed by atoms with Gasteiger partial charge < -0.3 is 20.3 Å². The van der Waals surface area contributed by atoms with Crippen molar-refractivity contribution >= 4 is 17.8 Å². The Bertz CT molecular complexity index is 975. The molecule has 31 heavy (non-hydrogen) atoms. The Morgan fingerprint density at radius 2 is 2.06 bits per heavy atom. The highest BCUT2D eigenvalue weighted by Gasteiger charge is 2.30. The maximum absolute atomic E-state index is 12.4. The molecule has 1 aromatic heterocycles. The molecule has 2 aromatic rings. The molecular formula is C22H28N6O3. The first-order valence-corrected chi connectivity index (χ1v) is 10.5. The molecule has 0 spiro atoms. The lowest BCUT2D eigenvalue weighted by molar-refractivity contribution is -0.137. The molecule has 0 aliphatic carbocycles. The normalized spacial score (nSPS) is 19.0. The summed E-state index contributed by atoms with van der Waals surface area (Å²) in [5.74, 6) is 0.249. The summed E-state index contributed by atoms with van der Waals surface area (Å²) in [6.45, 7) is 3.87. The van der Waals surface area contributed by atoms with E-state index in [9.17, 15) is 9.59 Å².